The van der Waals surface area contributed by atoms with Gasteiger partial charge in [0.2, 0.25) is 0 Å². The number of fused-ring (bicyclic) bond motifs is 1. The second-order valence-corrected chi connectivity index (χ2v) is 7.41. The van der Waals surface area contributed by atoms with E-state index in [-0.39, 0.29) is 6.42 Å². The molecule has 2 aliphatic rings. The van der Waals surface area contributed by atoms with Crippen molar-refractivity contribution >= 4 is 5.97 Å². The zero-order valence-electron chi connectivity index (χ0n) is 14.3. The smallest absolute Gasteiger partial charge is 0.304 e. The molecule has 2 aromatic rings. The minimum Gasteiger partial charge on any atom is -0.489 e. The SMILES string of the molecule is O=C(O)CCN1CC2(Cc3ccc(OCc4ccccc4)cc3C2)C1. The lowest BCUT2D eigenvalue weighted by atomic mass is 9.77. The molecule has 0 aromatic heterocycles. The summed E-state index contributed by atoms with van der Waals surface area (Å²) in [6.45, 7) is 3.27. The molecule has 0 unspecified atom stereocenters. The summed E-state index contributed by atoms with van der Waals surface area (Å²) in [4.78, 5) is 13.0. The van der Waals surface area contributed by atoms with Crippen molar-refractivity contribution in [2.75, 3.05) is 19.6 Å². The molecule has 4 heteroatoms. The third kappa shape index (κ3) is 3.54. The first-order valence-corrected chi connectivity index (χ1v) is 8.85. The van der Waals surface area contributed by atoms with Gasteiger partial charge in [0.15, 0.2) is 0 Å². The number of carboxylic acid groups (broad SMARTS) is 1. The largest absolute Gasteiger partial charge is 0.489 e. The molecule has 4 nitrogen and oxygen atoms in total. The fourth-order valence-electron chi connectivity index (χ4n) is 4.18. The molecular formula is C21H23NO3. The average Bonchev–Trinajstić information content (AvgIpc) is 2.97. The van der Waals surface area contributed by atoms with Crippen molar-refractivity contribution in [1.82, 2.24) is 4.90 Å². The number of rotatable bonds is 6. The molecule has 0 bridgehead atoms. The average molecular weight is 337 g/mol. The highest BCUT2D eigenvalue weighted by atomic mass is 16.5. The highest BCUT2D eigenvalue weighted by molar-refractivity contribution is 5.66. The molecule has 130 valence electrons. The van der Waals surface area contributed by atoms with Crippen LogP contribution in [0.1, 0.15) is 23.1 Å². The number of hydrogen-bond acceptors (Lipinski definition) is 3. The van der Waals surface area contributed by atoms with Crippen LogP contribution in [0.4, 0.5) is 0 Å². The van der Waals surface area contributed by atoms with Gasteiger partial charge < -0.3 is 14.7 Å². The Morgan fingerprint density at radius 2 is 1.84 bits per heavy atom. The van der Waals surface area contributed by atoms with Crippen LogP contribution in [-0.2, 0) is 24.2 Å². The summed E-state index contributed by atoms with van der Waals surface area (Å²) >= 11 is 0. The minimum absolute atomic E-state index is 0.237. The van der Waals surface area contributed by atoms with Crippen molar-refractivity contribution in [3.05, 3.63) is 65.2 Å². The van der Waals surface area contributed by atoms with Crippen LogP contribution in [-0.4, -0.2) is 35.6 Å². The van der Waals surface area contributed by atoms with Crippen LogP contribution in [0, 0.1) is 5.41 Å². The van der Waals surface area contributed by atoms with Crippen LogP contribution < -0.4 is 4.74 Å². The van der Waals surface area contributed by atoms with Crippen molar-refractivity contribution in [2.24, 2.45) is 5.41 Å². The van der Waals surface area contributed by atoms with Gasteiger partial charge in [0.25, 0.3) is 0 Å². The molecule has 1 fully saturated rings. The summed E-state index contributed by atoms with van der Waals surface area (Å²) in [5, 5.41) is 8.80. The molecule has 0 atom stereocenters. The molecule has 1 heterocycles. The van der Waals surface area contributed by atoms with Crippen LogP contribution in [0.5, 0.6) is 5.75 Å². The molecule has 1 saturated heterocycles. The van der Waals surface area contributed by atoms with E-state index < -0.39 is 5.97 Å². The maximum atomic E-state index is 10.7. The van der Waals surface area contributed by atoms with E-state index in [0.29, 0.717) is 18.6 Å². The lowest BCUT2D eigenvalue weighted by molar-refractivity contribution is -0.138. The number of aliphatic carboxylic acids is 1. The maximum absolute atomic E-state index is 10.7. The Labute approximate surface area is 148 Å². The standard InChI is InChI=1S/C21H23NO3/c23-20(24)8-9-22-14-21(15-22)11-17-6-7-19(10-18(17)12-21)25-13-16-4-2-1-3-5-16/h1-7,10H,8-9,11-15H2,(H,23,24). The minimum atomic E-state index is -0.712. The zero-order chi connectivity index (χ0) is 17.3. The van der Waals surface area contributed by atoms with E-state index in [1.807, 2.05) is 18.2 Å². The predicted octanol–water partition coefficient (Wildman–Crippen LogP) is 3.14. The summed E-state index contributed by atoms with van der Waals surface area (Å²) < 4.78 is 5.95. The number of nitrogens with zero attached hydrogens (tertiary/aromatic N) is 1. The number of likely N-dealkylation sites (tertiary alicyclic amines) is 1. The van der Waals surface area contributed by atoms with Gasteiger partial charge in [-0.3, -0.25) is 4.79 Å². The van der Waals surface area contributed by atoms with E-state index in [4.69, 9.17) is 9.84 Å². The normalized spacial score (nSPS) is 17.9. The molecule has 1 N–H and O–H groups in total. The lowest BCUT2D eigenvalue weighted by Gasteiger charge is -2.48. The first-order valence-electron chi connectivity index (χ1n) is 8.85. The number of hydrogen-bond donors (Lipinski definition) is 1. The van der Waals surface area contributed by atoms with E-state index >= 15 is 0 Å². The lowest BCUT2D eigenvalue weighted by Crippen LogP contribution is -2.57. The predicted molar refractivity (Wildman–Crippen MR) is 95.7 cm³/mol. The van der Waals surface area contributed by atoms with Crippen molar-refractivity contribution in [3.63, 3.8) is 0 Å². The Bertz CT molecular complexity index is 766. The van der Waals surface area contributed by atoms with Crippen molar-refractivity contribution in [1.29, 1.82) is 0 Å². The highest BCUT2D eigenvalue weighted by Crippen LogP contribution is 2.44. The third-order valence-corrected chi connectivity index (χ3v) is 5.32. The van der Waals surface area contributed by atoms with Gasteiger partial charge in [-0.2, -0.15) is 0 Å². The summed E-state index contributed by atoms with van der Waals surface area (Å²) in [7, 11) is 0. The maximum Gasteiger partial charge on any atom is 0.304 e. The van der Waals surface area contributed by atoms with Crippen LogP contribution in [0.25, 0.3) is 0 Å². The second kappa shape index (κ2) is 6.52. The fourth-order valence-corrected chi connectivity index (χ4v) is 4.18. The molecule has 0 radical (unpaired) electrons. The molecule has 0 amide bonds. The van der Waals surface area contributed by atoms with E-state index in [1.54, 1.807) is 0 Å². The molecule has 2 aromatic carbocycles. The van der Waals surface area contributed by atoms with Gasteiger partial charge in [-0.05, 0) is 41.7 Å². The molecule has 1 spiro atoms. The topological polar surface area (TPSA) is 49.8 Å². The summed E-state index contributed by atoms with van der Waals surface area (Å²) in [5.74, 6) is 0.220. The van der Waals surface area contributed by atoms with Gasteiger partial charge in [-0.1, -0.05) is 36.4 Å². The summed E-state index contributed by atoms with van der Waals surface area (Å²) in [6.07, 6.45) is 2.42. The van der Waals surface area contributed by atoms with E-state index in [9.17, 15) is 4.79 Å². The van der Waals surface area contributed by atoms with Crippen molar-refractivity contribution < 1.29 is 14.6 Å². The Hall–Kier alpha value is -2.33. The van der Waals surface area contributed by atoms with Gasteiger partial charge in [0.1, 0.15) is 12.4 Å². The van der Waals surface area contributed by atoms with E-state index in [1.165, 1.54) is 16.7 Å². The molecule has 0 saturated carbocycles. The first-order chi connectivity index (χ1) is 12.1. The number of ether oxygens (including phenoxy) is 1. The Balaban J connectivity index is 1.34. The van der Waals surface area contributed by atoms with Crippen LogP contribution in [0.2, 0.25) is 0 Å². The number of benzene rings is 2. The third-order valence-electron chi connectivity index (χ3n) is 5.32. The fraction of sp³-hybridized carbons (Fsp3) is 0.381. The van der Waals surface area contributed by atoms with Crippen LogP contribution >= 0.6 is 0 Å². The molecule has 4 rings (SSSR count). The number of carbonyl (C=O) groups is 1. The Morgan fingerprint density at radius 3 is 2.60 bits per heavy atom. The quantitative estimate of drug-likeness (QED) is 0.880. The summed E-state index contributed by atoms with van der Waals surface area (Å²) in [5.41, 5.74) is 4.31. The first kappa shape index (κ1) is 16.2. The Morgan fingerprint density at radius 1 is 1.08 bits per heavy atom. The van der Waals surface area contributed by atoms with Crippen molar-refractivity contribution in [3.8, 4) is 5.75 Å². The van der Waals surface area contributed by atoms with Gasteiger partial charge >= 0.3 is 5.97 Å². The molecule has 25 heavy (non-hydrogen) atoms. The van der Waals surface area contributed by atoms with Gasteiger partial charge in [-0.25, -0.2) is 0 Å². The van der Waals surface area contributed by atoms with E-state index in [0.717, 1.165) is 31.7 Å². The van der Waals surface area contributed by atoms with E-state index in [2.05, 4.69) is 35.2 Å². The molecule has 1 aliphatic heterocycles. The second-order valence-electron chi connectivity index (χ2n) is 7.41. The van der Waals surface area contributed by atoms with Gasteiger partial charge in [0.05, 0.1) is 6.42 Å². The van der Waals surface area contributed by atoms with Crippen LogP contribution in [0.15, 0.2) is 48.5 Å². The monoisotopic (exact) mass is 337 g/mol. The highest BCUT2D eigenvalue weighted by Gasteiger charge is 2.46. The van der Waals surface area contributed by atoms with Gasteiger partial charge in [-0.15, -0.1) is 0 Å². The number of carboxylic acids is 1. The molecule has 1 aliphatic carbocycles. The van der Waals surface area contributed by atoms with Crippen LogP contribution in [0.3, 0.4) is 0 Å². The van der Waals surface area contributed by atoms with Crippen molar-refractivity contribution in [2.45, 2.75) is 25.9 Å². The van der Waals surface area contributed by atoms with Gasteiger partial charge in [0, 0.05) is 25.0 Å². The summed E-state index contributed by atoms with van der Waals surface area (Å²) in [6, 6.07) is 16.7. The molecular weight excluding hydrogens is 314 g/mol. The zero-order valence-corrected chi connectivity index (χ0v) is 14.3. The Kier molecular flexibility index (Phi) is 4.22.